The van der Waals surface area contributed by atoms with Gasteiger partial charge in [-0.05, 0) is 37.6 Å². The van der Waals surface area contributed by atoms with E-state index in [1.807, 2.05) is 43.5 Å². The number of fused-ring (bicyclic) bond motifs is 1. The van der Waals surface area contributed by atoms with Crippen LogP contribution in [-0.4, -0.2) is 32.3 Å². The van der Waals surface area contributed by atoms with Gasteiger partial charge in [0.05, 0.1) is 11.2 Å². The lowest BCUT2D eigenvalue weighted by atomic mass is 9.95. The van der Waals surface area contributed by atoms with Gasteiger partial charge in [0.25, 0.3) is 0 Å². The number of aryl methyl sites for hydroxylation is 1. The fourth-order valence-corrected chi connectivity index (χ4v) is 3.50. The molecule has 150 valence electrons. The van der Waals surface area contributed by atoms with E-state index in [0.717, 1.165) is 39.2 Å². The Hall–Kier alpha value is -3.67. The summed E-state index contributed by atoms with van der Waals surface area (Å²) in [6.07, 6.45) is 5.08. The molecule has 0 aliphatic carbocycles. The van der Waals surface area contributed by atoms with E-state index in [4.69, 9.17) is 0 Å². The van der Waals surface area contributed by atoms with Crippen LogP contribution < -0.4 is 5.32 Å². The van der Waals surface area contributed by atoms with Crippen molar-refractivity contribution in [2.24, 2.45) is 0 Å². The van der Waals surface area contributed by atoms with E-state index in [1.54, 1.807) is 25.5 Å². The lowest BCUT2D eigenvalue weighted by Crippen LogP contribution is -2.12. The Labute approximate surface area is 175 Å². The molecule has 30 heavy (non-hydrogen) atoms. The lowest BCUT2D eigenvalue weighted by molar-refractivity contribution is 0.101. The van der Waals surface area contributed by atoms with Crippen molar-refractivity contribution >= 4 is 22.5 Å². The predicted molar refractivity (Wildman–Crippen MR) is 119 cm³/mol. The molecule has 0 radical (unpaired) electrons. The molecule has 4 rings (SSSR count). The van der Waals surface area contributed by atoms with E-state index in [0.29, 0.717) is 12.1 Å². The molecule has 0 aliphatic heterocycles. The fraction of sp³-hybridized carbons (Fsp3) is 0.208. The minimum Gasteiger partial charge on any atom is -0.369 e. The Morgan fingerprint density at radius 1 is 1.07 bits per heavy atom. The van der Waals surface area contributed by atoms with Crippen LogP contribution in [0.3, 0.4) is 0 Å². The van der Waals surface area contributed by atoms with Crippen LogP contribution in [0.5, 0.6) is 0 Å². The number of nitrogens with zero attached hydrogens (tertiary/aromatic N) is 4. The molecule has 3 aromatic heterocycles. The second-order valence-corrected chi connectivity index (χ2v) is 7.42. The Balaban J connectivity index is 1.55. The van der Waals surface area contributed by atoms with E-state index in [1.165, 1.54) is 0 Å². The Kier molecular flexibility index (Phi) is 5.48. The Bertz CT molecular complexity index is 1200. The number of hydrogen-bond donors (Lipinski definition) is 1. The molecule has 0 spiro atoms. The summed E-state index contributed by atoms with van der Waals surface area (Å²) >= 11 is 0. The monoisotopic (exact) mass is 397 g/mol. The molecule has 3 heterocycles. The van der Waals surface area contributed by atoms with Crippen LogP contribution in [0.1, 0.15) is 41.4 Å². The van der Waals surface area contributed by atoms with Gasteiger partial charge < -0.3 is 5.32 Å². The van der Waals surface area contributed by atoms with Crippen LogP contribution in [0.4, 0.5) is 5.82 Å². The number of hydrogen-bond acceptors (Lipinski definition) is 6. The normalized spacial score (nSPS) is 12.0. The molecule has 0 saturated heterocycles. The zero-order valence-corrected chi connectivity index (χ0v) is 17.3. The number of para-hydroxylation sites is 1. The quantitative estimate of drug-likeness (QED) is 0.470. The van der Waals surface area contributed by atoms with Crippen molar-refractivity contribution in [2.45, 2.75) is 26.7 Å². The van der Waals surface area contributed by atoms with Gasteiger partial charge in [-0.25, -0.2) is 9.97 Å². The summed E-state index contributed by atoms with van der Waals surface area (Å²) in [4.78, 5) is 29.5. The van der Waals surface area contributed by atoms with Gasteiger partial charge in [-0.15, -0.1) is 0 Å². The van der Waals surface area contributed by atoms with Crippen LogP contribution in [0, 0.1) is 6.92 Å². The molecule has 0 fully saturated rings. The Morgan fingerprint density at radius 3 is 2.70 bits per heavy atom. The molecular formula is C24H23N5O. The van der Waals surface area contributed by atoms with Gasteiger partial charge in [0, 0.05) is 53.1 Å². The number of anilines is 1. The van der Waals surface area contributed by atoms with Crippen molar-refractivity contribution in [3.63, 3.8) is 0 Å². The number of ketones is 1. The summed E-state index contributed by atoms with van der Waals surface area (Å²) in [6, 6.07) is 13.7. The number of rotatable bonds is 6. The highest BCUT2D eigenvalue weighted by Crippen LogP contribution is 2.27. The standard InChI is InChI=1S/C24H23N5O/c1-15(19-5-4-6-21-20(17(3)30)9-10-25-24(19)21)12-27-23-11-22(28-14-29-23)18-8-7-16(2)26-13-18/h4-11,13-15H,12H2,1-3H3,(H,27,28,29)/t15-/m1/s1. The molecule has 0 bridgehead atoms. The number of carbonyl (C=O) groups is 1. The van der Waals surface area contributed by atoms with E-state index in [-0.39, 0.29) is 11.7 Å². The first-order chi connectivity index (χ1) is 14.5. The lowest BCUT2D eigenvalue weighted by Gasteiger charge is -2.16. The second-order valence-electron chi connectivity index (χ2n) is 7.42. The van der Waals surface area contributed by atoms with Gasteiger partial charge in [0.1, 0.15) is 12.1 Å². The molecule has 0 unspecified atom stereocenters. The Morgan fingerprint density at radius 2 is 1.93 bits per heavy atom. The van der Waals surface area contributed by atoms with Crippen LogP contribution >= 0.6 is 0 Å². The zero-order chi connectivity index (χ0) is 21.1. The van der Waals surface area contributed by atoms with Gasteiger partial charge in [0.15, 0.2) is 5.78 Å². The van der Waals surface area contributed by atoms with Crippen LogP contribution in [0.25, 0.3) is 22.2 Å². The van der Waals surface area contributed by atoms with Crippen LogP contribution in [0.15, 0.2) is 61.2 Å². The van der Waals surface area contributed by atoms with Gasteiger partial charge in [0.2, 0.25) is 0 Å². The second kappa shape index (κ2) is 8.37. The molecule has 0 amide bonds. The minimum atomic E-state index is 0.0458. The largest absolute Gasteiger partial charge is 0.369 e. The summed E-state index contributed by atoms with van der Waals surface area (Å²) in [5.41, 5.74) is 5.42. The number of pyridine rings is 2. The first-order valence-electron chi connectivity index (χ1n) is 9.90. The summed E-state index contributed by atoms with van der Waals surface area (Å²) in [5.74, 6) is 0.970. The first kappa shape index (κ1) is 19.6. The molecule has 6 heteroatoms. The summed E-state index contributed by atoms with van der Waals surface area (Å²) in [5, 5.41) is 4.29. The number of Topliss-reactive ketones (excluding diaryl/α,β-unsaturated/α-hetero) is 1. The van der Waals surface area contributed by atoms with Crippen molar-refractivity contribution in [2.75, 3.05) is 11.9 Å². The van der Waals surface area contributed by atoms with Crippen LogP contribution in [-0.2, 0) is 0 Å². The number of benzene rings is 1. The van der Waals surface area contributed by atoms with Crippen molar-refractivity contribution in [3.05, 3.63) is 78.0 Å². The summed E-state index contributed by atoms with van der Waals surface area (Å²) in [7, 11) is 0. The van der Waals surface area contributed by atoms with Crippen molar-refractivity contribution in [1.29, 1.82) is 0 Å². The first-order valence-corrected chi connectivity index (χ1v) is 9.90. The molecular weight excluding hydrogens is 374 g/mol. The average molecular weight is 397 g/mol. The highest BCUT2D eigenvalue weighted by atomic mass is 16.1. The molecule has 4 aromatic rings. The molecule has 1 aromatic carbocycles. The maximum absolute atomic E-state index is 12.0. The number of nitrogens with one attached hydrogen (secondary N) is 1. The molecule has 1 atom stereocenters. The molecule has 6 nitrogen and oxygen atoms in total. The fourth-order valence-electron chi connectivity index (χ4n) is 3.50. The van der Waals surface area contributed by atoms with Gasteiger partial charge in [-0.3, -0.25) is 14.8 Å². The third kappa shape index (κ3) is 4.03. The maximum Gasteiger partial charge on any atom is 0.160 e. The number of carbonyl (C=O) groups excluding carboxylic acids is 1. The van der Waals surface area contributed by atoms with E-state index in [9.17, 15) is 4.79 Å². The zero-order valence-electron chi connectivity index (χ0n) is 17.3. The van der Waals surface area contributed by atoms with Gasteiger partial charge >= 0.3 is 0 Å². The summed E-state index contributed by atoms with van der Waals surface area (Å²) in [6.45, 7) is 6.35. The van der Waals surface area contributed by atoms with Gasteiger partial charge in [-0.2, -0.15) is 0 Å². The van der Waals surface area contributed by atoms with Crippen molar-refractivity contribution in [3.8, 4) is 11.3 Å². The van der Waals surface area contributed by atoms with Crippen LogP contribution in [0.2, 0.25) is 0 Å². The summed E-state index contributed by atoms with van der Waals surface area (Å²) < 4.78 is 0. The third-order valence-electron chi connectivity index (χ3n) is 5.18. The minimum absolute atomic E-state index is 0.0458. The van der Waals surface area contributed by atoms with E-state index >= 15 is 0 Å². The smallest absolute Gasteiger partial charge is 0.160 e. The van der Waals surface area contributed by atoms with E-state index < -0.39 is 0 Å². The SMILES string of the molecule is CC(=O)c1ccnc2c([C@H](C)CNc3cc(-c4ccc(C)nc4)ncn3)cccc12. The molecule has 0 aliphatic rings. The molecule has 0 saturated carbocycles. The van der Waals surface area contributed by atoms with Crippen molar-refractivity contribution in [1.82, 2.24) is 19.9 Å². The van der Waals surface area contributed by atoms with Gasteiger partial charge in [-0.1, -0.05) is 25.1 Å². The highest BCUT2D eigenvalue weighted by Gasteiger charge is 2.14. The average Bonchev–Trinajstić information content (AvgIpc) is 2.77. The van der Waals surface area contributed by atoms with E-state index in [2.05, 4.69) is 38.2 Å². The molecule has 1 N–H and O–H groups in total. The van der Waals surface area contributed by atoms with Crippen molar-refractivity contribution < 1.29 is 4.79 Å². The maximum atomic E-state index is 12.0. The number of aromatic nitrogens is 4. The predicted octanol–water partition coefficient (Wildman–Crippen LogP) is 4.81. The highest BCUT2D eigenvalue weighted by molar-refractivity contribution is 6.06. The third-order valence-corrected chi connectivity index (χ3v) is 5.18. The topological polar surface area (TPSA) is 80.7 Å².